The summed E-state index contributed by atoms with van der Waals surface area (Å²) in [5.74, 6) is -1.40. The van der Waals surface area contributed by atoms with Gasteiger partial charge in [-0.05, 0) is 6.42 Å². The van der Waals surface area contributed by atoms with E-state index in [0.717, 1.165) is 25.7 Å². The summed E-state index contributed by atoms with van der Waals surface area (Å²) >= 11 is 10.9. The van der Waals surface area contributed by atoms with E-state index in [1.54, 1.807) is 0 Å². The molecule has 2 nitrogen and oxygen atoms in total. The minimum atomic E-state index is -1.70. The number of carboxylic acids is 1. The van der Waals surface area contributed by atoms with Crippen LogP contribution in [-0.4, -0.2) is 10.3 Å². The van der Waals surface area contributed by atoms with Crippen molar-refractivity contribution in [3.63, 3.8) is 0 Å². The zero-order chi connectivity index (χ0) is 9.61. The van der Waals surface area contributed by atoms with E-state index in [1.165, 1.54) is 0 Å². The van der Waals surface area contributed by atoms with Gasteiger partial charge in [-0.1, -0.05) is 55.8 Å². The molecular weight excluding hydrogens is 222 g/mol. The van der Waals surface area contributed by atoms with Gasteiger partial charge in [-0.2, -0.15) is 0 Å². The first-order valence-electron chi connectivity index (χ1n) is 4.10. The molecule has 0 spiro atoms. The zero-order valence-corrected chi connectivity index (χ0v) is 11.6. The third-order valence-corrected chi connectivity index (χ3v) is 2.33. The largest absolute Gasteiger partial charge is 1.00 e. The van der Waals surface area contributed by atoms with Gasteiger partial charge in [0.2, 0.25) is 0 Å². The Morgan fingerprint density at radius 1 is 1.31 bits per heavy atom. The maximum Gasteiger partial charge on any atom is 1.00 e. The number of carbonyl (C=O) groups is 1. The van der Waals surface area contributed by atoms with Crippen molar-refractivity contribution in [2.75, 3.05) is 0 Å². The predicted octanol–water partition coefficient (Wildman–Crippen LogP) is -1.12. The molecule has 0 aliphatic carbocycles. The summed E-state index contributed by atoms with van der Waals surface area (Å²) < 4.78 is -1.70. The van der Waals surface area contributed by atoms with Gasteiger partial charge in [0.15, 0.2) is 4.33 Å². The number of rotatable bonds is 6. The Kier molecular flexibility index (Phi) is 10.6. The summed E-state index contributed by atoms with van der Waals surface area (Å²) in [4.78, 5) is 10.3. The fourth-order valence-corrected chi connectivity index (χ4v) is 1.14. The summed E-state index contributed by atoms with van der Waals surface area (Å²) in [5, 5.41) is 10.3. The van der Waals surface area contributed by atoms with Gasteiger partial charge in [0.05, 0.1) is 5.97 Å². The normalized spacial score (nSPS) is 10.7. The van der Waals surface area contributed by atoms with Gasteiger partial charge < -0.3 is 9.90 Å². The second-order valence-corrected chi connectivity index (χ2v) is 4.29. The van der Waals surface area contributed by atoms with Crippen LogP contribution in [0.15, 0.2) is 0 Å². The number of unbranched alkanes of at least 4 members (excludes halogenated alkanes) is 3. The van der Waals surface area contributed by atoms with Crippen molar-refractivity contribution in [2.45, 2.75) is 43.4 Å². The molecule has 72 valence electrons. The third-order valence-electron chi connectivity index (χ3n) is 1.64. The Morgan fingerprint density at radius 3 is 2.23 bits per heavy atom. The summed E-state index contributed by atoms with van der Waals surface area (Å²) in [6.07, 6.45) is 4.14. The molecule has 0 aliphatic heterocycles. The molecule has 0 unspecified atom stereocenters. The molecule has 0 radical (unpaired) electrons. The van der Waals surface area contributed by atoms with E-state index >= 15 is 0 Å². The minimum Gasteiger partial charge on any atom is -0.547 e. The first kappa shape index (κ1) is 16.5. The van der Waals surface area contributed by atoms with Crippen LogP contribution in [0.1, 0.15) is 39.0 Å². The van der Waals surface area contributed by atoms with Crippen LogP contribution in [0.3, 0.4) is 0 Å². The van der Waals surface area contributed by atoms with E-state index in [0.29, 0.717) is 0 Å². The first-order chi connectivity index (χ1) is 5.50. The summed E-state index contributed by atoms with van der Waals surface area (Å²) in [6.45, 7) is 2.08. The predicted molar refractivity (Wildman–Crippen MR) is 48.2 cm³/mol. The van der Waals surface area contributed by atoms with E-state index in [-0.39, 0.29) is 36.0 Å². The van der Waals surface area contributed by atoms with Gasteiger partial charge in [0.1, 0.15) is 0 Å². The summed E-state index contributed by atoms with van der Waals surface area (Å²) in [7, 11) is 0. The second-order valence-electron chi connectivity index (χ2n) is 2.80. The molecule has 0 atom stereocenters. The Balaban J connectivity index is 0. The third kappa shape index (κ3) is 8.07. The SMILES string of the molecule is CCCCCCC(Cl)(Cl)C(=O)[O-].[Na+]. The Morgan fingerprint density at radius 2 is 1.85 bits per heavy atom. The van der Waals surface area contributed by atoms with Crippen LogP contribution in [0.4, 0.5) is 0 Å². The second kappa shape index (κ2) is 8.37. The molecule has 0 aromatic heterocycles. The molecule has 0 saturated carbocycles. The van der Waals surface area contributed by atoms with E-state index in [1.807, 2.05) is 0 Å². The molecule has 0 heterocycles. The maximum atomic E-state index is 10.3. The average Bonchev–Trinajstić information content (AvgIpc) is 1.98. The van der Waals surface area contributed by atoms with Gasteiger partial charge in [0, 0.05) is 0 Å². The number of hydrogen-bond acceptors (Lipinski definition) is 2. The van der Waals surface area contributed by atoms with Gasteiger partial charge in [-0.3, -0.25) is 0 Å². The fourth-order valence-electron chi connectivity index (χ4n) is 0.876. The van der Waals surface area contributed by atoms with E-state index in [4.69, 9.17) is 23.2 Å². The Bertz CT molecular complexity index is 151. The van der Waals surface area contributed by atoms with Gasteiger partial charge in [0.25, 0.3) is 0 Å². The van der Waals surface area contributed by atoms with E-state index in [9.17, 15) is 9.90 Å². The molecule has 0 bridgehead atoms. The zero-order valence-electron chi connectivity index (χ0n) is 8.11. The van der Waals surface area contributed by atoms with Crippen LogP contribution in [0.25, 0.3) is 0 Å². The molecule has 0 aliphatic rings. The summed E-state index contributed by atoms with van der Waals surface area (Å²) in [5.41, 5.74) is 0. The molecule has 5 heteroatoms. The topological polar surface area (TPSA) is 40.1 Å². The standard InChI is InChI=1S/C8H14Cl2O2.Na/c1-2-3-4-5-6-8(9,10)7(11)12;/h2-6H2,1H3,(H,11,12);/q;+1/p-1. The first-order valence-corrected chi connectivity index (χ1v) is 4.85. The van der Waals surface area contributed by atoms with Crippen LogP contribution < -0.4 is 34.7 Å². The fraction of sp³-hybridized carbons (Fsp3) is 0.875. The van der Waals surface area contributed by atoms with Crippen molar-refractivity contribution >= 4 is 29.2 Å². The van der Waals surface area contributed by atoms with Crippen LogP contribution in [0.5, 0.6) is 0 Å². The quantitative estimate of drug-likeness (QED) is 0.332. The average molecular weight is 235 g/mol. The van der Waals surface area contributed by atoms with Crippen LogP contribution >= 0.6 is 23.2 Å². The molecule has 0 fully saturated rings. The van der Waals surface area contributed by atoms with Crippen molar-refractivity contribution in [3.8, 4) is 0 Å². The molecular formula is C8H13Cl2NaO2. The van der Waals surface area contributed by atoms with Gasteiger partial charge in [-0.25, -0.2) is 0 Å². The molecule has 0 N–H and O–H groups in total. The van der Waals surface area contributed by atoms with Crippen molar-refractivity contribution in [2.24, 2.45) is 0 Å². The van der Waals surface area contributed by atoms with Crippen molar-refractivity contribution < 1.29 is 39.5 Å². The van der Waals surface area contributed by atoms with Crippen molar-refractivity contribution in [3.05, 3.63) is 0 Å². The number of carboxylic acid groups (broad SMARTS) is 1. The number of alkyl halides is 2. The van der Waals surface area contributed by atoms with Crippen molar-refractivity contribution in [1.82, 2.24) is 0 Å². The molecule has 0 aromatic rings. The molecule has 0 saturated heterocycles. The van der Waals surface area contributed by atoms with Crippen LogP contribution in [0, 0.1) is 0 Å². The number of halogens is 2. The molecule has 13 heavy (non-hydrogen) atoms. The maximum absolute atomic E-state index is 10.3. The number of aliphatic carboxylic acids is 1. The molecule has 0 amide bonds. The number of carbonyl (C=O) groups excluding carboxylic acids is 1. The van der Waals surface area contributed by atoms with Crippen LogP contribution in [-0.2, 0) is 4.79 Å². The van der Waals surface area contributed by atoms with Gasteiger partial charge >= 0.3 is 29.6 Å². The van der Waals surface area contributed by atoms with Crippen LogP contribution in [0.2, 0.25) is 0 Å². The molecule has 0 rings (SSSR count). The smallest absolute Gasteiger partial charge is 0.547 e. The minimum absolute atomic E-state index is 0. The Hall–Kier alpha value is 1.05. The molecule has 0 aromatic carbocycles. The Labute approximate surface area is 111 Å². The summed E-state index contributed by atoms with van der Waals surface area (Å²) in [6, 6.07) is 0. The van der Waals surface area contributed by atoms with Gasteiger partial charge in [-0.15, -0.1) is 0 Å². The van der Waals surface area contributed by atoms with Crippen molar-refractivity contribution in [1.29, 1.82) is 0 Å². The monoisotopic (exact) mass is 234 g/mol. The van der Waals surface area contributed by atoms with E-state index in [2.05, 4.69) is 6.92 Å². The van der Waals surface area contributed by atoms with E-state index < -0.39 is 10.3 Å². The number of hydrogen-bond donors (Lipinski definition) is 0.